The van der Waals surface area contributed by atoms with Gasteiger partial charge in [0.2, 0.25) is 23.6 Å². The van der Waals surface area contributed by atoms with Crippen molar-refractivity contribution < 1.29 is 48.8 Å². The number of unbranched alkanes of at least 4 members (excludes halogenated alkanes) is 19. The van der Waals surface area contributed by atoms with Crippen molar-refractivity contribution in [2.75, 3.05) is 19.7 Å². The highest BCUT2D eigenvalue weighted by atomic mass is 16.6. The zero-order valence-corrected chi connectivity index (χ0v) is 37.9. The SMILES string of the molecule is CCCCCCCCCCCCCCN(C(=O)CCCCCCCCCCC)[C@]1(N)O[C@H](CO)[C@@H](O)[C@H](O)[C@H]1C(=O)CNC(=O)[C@H](CCC(N)=O)NC(=O)OCc1ccccc1. The number of carbonyl (C=O) groups is 5. The van der Waals surface area contributed by atoms with Crippen LogP contribution in [0.15, 0.2) is 30.3 Å². The lowest BCUT2D eigenvalue weighted by atomic mass is 9.82. The number of nitrogens with zero attached hydrogens (tertiary/aromatic N) is 1. The second-order valence-corrected chi connectivity index (χ2v) is 17.0. The molecular weight excluding hydrogens is 795 g/mol. The van der Waals surface area contributed by atoms with Crippen LogP contribution < -0.4 is 22.1 Å². The molecule has 354 valence electrons. The van der Waals surface area contributed by atoms with Gasteiger partial charge in [-0.1, -0.05) is 166 Å². The molecule has 0 radical (unpaired) electrons. The van der Waals surface area contributed by atoms with E-state index in [1.54, 1.807) is 24.3 Å². The fourth-order valence-corrected chi connectivity index (χ4v) is 8.04. The van der Waals surface area contributed by atoms with Gasteiger partial charge in [0.25, 0.3) is 0 Å². The number of amides is 4. The number of ether oxygens (including phenoxy) is 2. The van der Waals surface area contributed by atoms with Gasteiger partial charge in [0, 0.05) is 19.4 Å². The van der Waals surface area contributed by atoms with Crippen LogP contribution in [0.3, 0.4) is 0 Å². The second kappa shape index (κ2) is 32.1. The molecule has 4 amide bonds. The molecule has 1 heterocycles. The van der Waals surface area contributed by atoms with E-state index in [1.165, 1.54) is 75.5 Å². The van der Waals surface area contributed by atoms with Crippen LogP contribution in [-0.2, 0) is 35.3 Å². The Balaban J connectivity index is 2.20. The molecule has 15 nitrogen and oxygen atoms in total. The summed E-state index contributed by atoms with van der Waals surface area (Å²) in [5, 5.41) is 37.5. The molecule has 0 spiro atoms. The molecule has 1 fully saturated rings. The molecule has 0 unspecified atom stereocenters. The summed E-state index contributed by atoms with van der Waals surface area (Å²) in [6.45, 7) is 2.92. The number of nitrogens with two attached hydrogens (primary N) is 2. The fourth-order valence-electron chi connectivity index (χ4n) is 8.04. The largest absolute Gasteiger partial charge is 0.445 e. The number of primary amides is 1. The molecule has 0 aromatic heterocycles. The van der Waals surface area contributed by atoms with Crippen molar-refractivity contribution in [3.05, 3.63) is 35.9 Å². The average Bonchev–Trinajstić information content (AvgIpc) is 3.26. The van der Waals surface area contributed by atoms with Gasteiger partial charge < -0.3 is 46.1 Å². The number of Topliss-reactive ketones (excluding diaryl/α,β-unsaturated/α-hetero) is 1. The highest BCUT2D eigenvalue weighted by Gasteiger charge is 2.58. The van der Waals surface area contributed by atoms with Crippen LogP contribution in [-0.4, -0.2) is 99.7 Å². The highest BCUT2D eigenvalue weighted by Crippen LogP contribution is 2.36. The quantitative estimate of drug-likeness (QED) is 0.0307. The average molecular weight is 876 g/mol. The maximum atomic E-state index is 14.2. The summed E-state index contributed by atoms with van der Waals surface area (Å²) in [4.78, 5) is 67.3. The van der Waals surface area contributed by atoms with Gasteiger partial charge in [-0.15, -0.1) is 0 Å². The molecule has 6 atom stereocenters. The van der Waals surface area contributed by atoms with Gasteiger partial charge in [0.15, 0.2) is 5.78 Å². The Morgan fingerprint density at radius 1 is 0.758 bits per heavy atom. The predicted octanol–water partition coefficient (Wildman–Crippen LogP) is 6.02. The van der Waals surface area contributed by atoms with E-state index in [2.05, 4.69) is 24.5 Å². The molecule has 0 aliphatic carbocycles. The summed E-state index contributed by atoms with van der Waals surface area (Å²) in [7, 11) is 0. The van der Waals surface area contributed by atoms with Crippen molar-refractivity contribution in [3.8, 4) is 0 Å². The minimum Gasteiger partial charge on any atom is -0.445 e. The van der Waals surface area contributed by atoms with Crippen LogP contribution in [0.2, 0.25) is 0 Å². The first kappa shape index (κ1) is 54.5. The lowest BCUT2D eigenvalue weighted by molar-refractivity contribution is -0.291. The Morgan fingerprint density at radius 2 is 1.27 bits per heavy atom. The van der Waals surface area contributed by atoms with E-state index in [0.29, 0.717) is 18.4 Å². The van der Waals surface area contributed by atoms with Crippen molar-refractivity contribution in [2.45, 2.75) is 205 Å². The van der Waals surface area contributed by atoms with Gasteiger partial charge in [-0.3, -0.25) is 24.9 Å². The van der Waals surface area contributed by atoms with Crippen LogP contribution in [0, 0.1) is 5.92 Å². The molecular formula is C47H81N5O10. The van der Waals surface area contributed by atoms with Crippen LogP contribution in [0.25, 0.3) is 0 Å². The minimum atomic E-state index is -2.28. The molecule has 1 aliphatic heterocycles. The third-order valence-corrected chi connectivity index (χ3v) is 11.8. The van der Waals surface area contributed by atoms with Gasteiger partial charge in [0.05, 0.1) is 19.3 Å². The highest BCUT2D eigenvalue weighted by molar-refractivity contribution is 5.92. The number of carbonyl (C=O) groups excluding carboxylic acids is 5. The minimum absolute atomic E-state index is 0.0851. The summed E-state index contributed by atoms with van der Waals surface area (Å²) in [5.41, 5.74) is 13.0. The van der Waals surface area contributed by atoms with E-state index < -0.39 is 73.0 Å². The first-order valence-corrected chi connectivity index (χ1v) is 23.7. The zero-order chi connectivity index (χ0) is 45.6. The summed E-state index contributed by atoms with van der Waals surface area (Å²) >= 11 is 0. The molecule has 15 heteroatoms. The van der Waals surface area contributed by atoms with Gasteiger partial charge in [-0.25, -0.2) is 4.79 Å². The van der Waals surface area contributed by atoms with Crippen molar-refractivity contribution >= 4 is 29.6 Å². The number of nitrogens with one attached hydrogen (secondary N) is 2. The summed E-state index contributed by atoms with van der Waals surface area (Å²) in [6, 6.07) is 7.52. The number of benzene rings is 1. The lowest BCUT2D eigenvalue weighted by Gasteiger charge is -2.52. The van der Waals surface area contributed by atoms with Crippen molar-refractivity contribution in [1.82, 2.24) is 15.5 Å². The zero-order valence-electron chi connectivity index (χ0n) is 37.9. The van der Waals surface area contributed by atoms with Crippen molar-refractivity contribution in [3.63, 3.8) is 0 Å². The number of rotatable bonds is 35. The van der Waals surface area contributed by atoms with Gasteiger partial charge in [-0.05, 0) is 24.8 Å². The van der Waals surface area contributed by atoms with Crippen LogP contribution in [0.1, 0.15) is 174 Å². The number of hydrogen-bond acceptors (Lipinski definition) is 11. The smallest absolute Gasteiger partial charge is 0.408 e. The van der Waals surface area contributed by atoms with E-state index in [-0.39, 0.29) is 38.3 Å². The maximum absolute atomic E-state index is 14.2. The van der Waals surface area contributed by atoms with Crippen LogP contribution in [0.4, 0.5) is 4.79 Å². The third-order valence-electron chi connectivity index (χ3n) is 11.8. The molecule has 62 heavy (non-hydrogen) atoms. The first-order chi connectivity index (χ1) is 29.9. The lowest BCUT2D eigenvalue weighted by Crippen LogP contribution is -2.75. The van der Waals surface area contributed by atoms with E-state index in [9.17, 15) is 39.3 Å². The van der Waals surface area contributed by atoms with Crippen LogP contribution in [0.5, 0.6) is 0 Å². The third kappa shape index (κ3) is 20.7. The second-order valence-electron chi connectivity index (χ2n) is 17.0. The molecule has 0 bridgehead atoms. The number of aliphatic hydroxyl groups excluding tert-OH is 3. The maximum Gasteiger partial charge on any atom is 0.408 e. The van der Waals surface area contributed by atoms with E-state index >= 15 is 0 Å². The predicted molar refractivity (Wildman–Crippen MR) is 239 cm³/mol. The van der Waals surface area contributed by atoms with E-state index in [0.717, 1.165) is 51.4 Å². The number of ketones is 1. The Morgan fingerprint density at radius 3 is 1.79 bits per heavy atom. The van der Waals surface area contributed by atoms with Crippen molar-refractivity contribution in [2.24, 2.45) is 17.4 Å². The van der Waals surface area contributed by atoms with Gasteiger partial charge in [-0.2, -0.15) is 0 Å². The first-order valence-electron chi connectivity index (χ1n) is 23.7. The Labute approximate surface area is 370 Å². The fraction of sp³-hybridized carbons (Fsp3) is 0.766. The Hall–Kier alpha value is -3.63. The standard InChI is InChI=1S/C47H81N5O10/c1-3-5-7-9-11-13-14-15-17-19-21-26-32-52(41(56)29-25-20-18-16-12-10-8-6-4-2)47(49)42(44(58)43(57)39(34-53)62-47)38(54)33-50-45(59)37(30-31-40(48)55)51-46(60)61-35-36-27-23-22-24-28-36/h22-24,27-28,37,39,42-44,53,57-58H,3-21,25-26,29-35,49H2,1-2H3,(H2,48,55)(H,50,59)(H,51,60)/t37-,39+,42+,43+,44+,47-/m0/s1. The molecule has 2 rings (SSSR count). The van der Waals surface area contributed by atoms with E-state index in [4.69, 9.17) is 20.9 Å². The van der Waals surface area contributed by atoms with Crippen LogP contribution >= 0.6 is 0 Å². The van der Waals surface area contributed by atoms with Gasteiger partial charge >= 0.3 is 6.09 Å². The summed E-state index contributed by atoms with van der Waals surface area (Å²) in [6.07, 6.45) is 16.2. The monoisotopic (exact) mass is 876 g/mol. The normalized spacial score (nSPS) is 20.3. The summed E-state index contributed by atoms with van der Waals surface area (Å²) in [5.74, 6) is -6.84. The van der Waals surface area contributed by atoms with Crippen molar-refractivity contribution in [1.29, 1.82) is 0 Å². The molecule has 0 saturated carbocycles. The number of alkyl carbamates (subject to hydrolysis) is 1. The Kier molecular flexibility index (Phi) is 28.2. The molecule has 9 N–H and O–H groups in total. The van der Waals surface area contributed by atoms with E-state index in [1.807, 2.05) is 6.07 Å². The Bertz CT molecular complexity index is 1420. The summed E-state index contributed by atoms with van der Waals surface area (Å²) < 4.78 is 11.3. The molecule has 1 saturated heterocycles. The topological polar surface area (TPSA) is 244 Å². The molecule has 1 aliphatic rings. The number of aliphatic hydroxyl groups is 3. The van der Waals surface area contributed by atoms with Gasteiger partial charge in [0.1, 0.15) is 30.8 Å². The molecule has 1 aromatic carbocycles. The number of hydrogen-bond donors (Lipinski definition) is 7. The molecule has 1 aromatic rings.